The Morgan fingerprint density at radius 3 is 2.44 bits per heavy atom. The maximum absolute atomic E-state index is 12.9. The average Bonchev–Trinajstić information content (AvgIpc) is 3.29. The molecule has 1 N–H and O–H groups in total. The van der Waals surface area contributed by atoms with Crippen molar-refractivity contribution in [2.45, 2.75) is 38.6 Å². The molecule has 0 bridgehead atoms. The Kier molecular flexibility index (Phi) is 4.76. The number of amides is 3. The molecule has 1 aromatic carbocycles. The molecule has 2 heterocycles. The van der Waals surface area contributed by atoms with E-state index in [0.717, 1.165) is 29.7 Å². The number of urea groups is 1. The average molecular weight is 369 g/mol. The van der Waals surface area contributed by atoms with Crippen LogP contribution < -0.4 is 5.32 Å². The standard InChI is InChI=1S/C20H27N5O2/c1-14-21-17-13-15(7-8-18(17)23(14)2)19(26)24-9-11-25(12-10-24)20(27)22-16-5-3-4-6-16/h7-8,13,16H,3-6,9-12H2,1-2H3,(H,22,27). The second-order valence-corrected chi connectivity index (χ2v) is 7.63. The van der Waals surface area contributed by atoms with Gasteiger partial charge < -0.3 is 19.7 Å². The molecule has 144 valence electrons. The lowest BCUT2D eigenvalue weighted by Gasteiger charge is -2.35. The van der Waals surface area contributed by atoms with Crippen molar-refractivity contribution in [1.82, 2.24) is 24.7 Å². The molecular formula is C20H27N5O2. The normalized spacial score (nSPS) is 18.3. The molecule has 7 heteroatoms. The molecule has 0 unspecified atom stereocenters. The SMILES string of the molecule is Cc1nc2cc(C(=O)N3CCN(C(=O)NC4CCCC4)CC3)ccc2n1C. The van der Waals surface area contributed by atoms with Gasteiger partial charge in [0.15, 0.2) is 0 Å². The Labute approximate surface area is 159 Å². The van der Waals surface area contributed by atoms with Crippen molar-refractivity contribution in [3.05, 3.63) is 29.6 Å². The monoisotopic (exact) mass is 369 g/mol. The topological polar surface area (TPSA) is 70.5 Å². The van der Waals surface area contributed by atoms with E-state index in [1.165, 1.54) is 12.8 Å². The van der Waals surface area contributed by atoms with Crippen LogP contribution in [-0.2, 0) is 7.05 Å². The number of fused-ring (bicyclic) bond motifs is 1. The first-order chi connectivity index (χ1) is 13.0. The van der Waals surface area contributed by atoms with Gasteiger partial charge in [0.25, 0.3) is 5.91 Å². The third-order valence-corrected chi connectivity index (χ3v) is 5.89. The number of nitrogens with zero attached hydrogens (tertiary/aromatic N) is 4. The summed E-state index contributed by atoms with van der Waals surface area (Å²) in [7, 11) is 1.97. The number of piperazine rings is 1. The van der Waals surface area contributed by atoms with Crippen molar-refractivity contribution in [3.63, 3.8) is 0 Å². The lowest BCUT2D eigenvalue weighted by Crippen LogP contribution is -2.54. The van der Waals surface area contributed by atoms with Crippen LogP contribution in [0.5, 0.6) is 0 Å². The third kappa shape index (κ3) is 3.50. The molecule has 3 amide bonds. The van der Waals surface area contributed by atoms with Crippen LogP contribution in [0, 0.1) is 6.92 Å². The van der Waals surface area contributed by atoms with E-state index < -0.39 is 0 Å². The molecule has 27 heavy (non-hydrogen) atoms. The Morgan fingerprint density at radius 2 is 1.74 bits per heavy atom. The van der Waals surface area contributed by atoms with Gasteiger partial charge in [0.1, 0.15) is 5.82 Å². The lowest BCUT2D eigenvalue weighted by atomic mass is 10.1. The van der Waals surface area contributed by atoms with Gasteiger partial charge in [-0.2, -0.15) is 0 Å². The smallest absolute Gasteiger partial charge is 0.317 e. The van der Waals surface area contributed by atoms with Crippen molar-refractivity contribution < 1.29 is 9.59 Å². The molecule has 2 aliphatic rings. The van der Waals surface area contributed by atoms with Gasteiger partial charge in [0.2, 0.25) is 0 Å². The molecular weight excluding hydrogens is 342 g/mol. The number of carbonyl (C=O) groups is 2. The van der Waals surface area contributed by atoms with Crippen LogP contribution in [0.3, 0.4) is 0 Å². The van der Waals surface area contributed by atoms with Crippen molar-refractivity contribution in [1.29, 1.82) is 0 Å². The van der Waals surface area contributed by atoms with Gasteiger partial charge in [0, 0.05) is 44.8 Å². The van der Waals surface area contributed by atoms with E-state index in [4.69, 9.17) is 0 Å². The van der Waals surface area contributed by atoms with E-state index in [1.807, 2.05) is 46.5 Å². The molecule has 1 saturated heterocycles. The molecule has 1 aliphatic carbocycles. The van der Waals surface area contributed by atoms with Crippen LogP contribution in [0.1, 0.15) is 41.9 Å². The van der Waals surface area contributed by atoms with Crippen LogP contribution in [0.2, 0.25) is 0 Å². The molecule has 2 aromatic rings. The molecule has 1 aromatic heterocycles. The maximum Gasteiger partial charge on any atom is 0.317 e. The van der Waals surface area contributed by atoms with E-state index in [2.05, 4.69) is 10.3 Å². The number of hydrogen-bond acceptors (Lipinski definition) is 3. The highest BCUT2D eigenvalue weighted by Crippen LogP contribution is 2.19. The number of aryl methyl sites for hydroxylation is 2. The zero-order valence-electron chi connectivity index (χ0n) is 16.1. The van der Waals surface area contributed by atoms with Crippen molar-refractivity contribution in [3.8, 4) is 0 Å². The number of aromatic nitrogens is 2. The molecule has 4 rings (SSSR count). The summed E-state index contributed by atoms with van der Waals surface area (Å²) >= 11 is 0. The van der Waals surface area contributed by atoms with E-state index in [9.17, 15) is 9.59 Å². The van der Waals surface area contributed by atoms with Gasteiger partial charge in [-0.25, -0.2) is 9.78 Å². The first-order valence-electron chi connectivity index (χ1n) is 9.81. The zero-order chi connectivity index (χ0) is 19.0. The van der Waals surface area contributed by atoms with E-state index >= 15 is 0 Å². The fourth-order valence-electron chi connectivity index (χ4n) is 4.08. The number of hydrogen-bond donors (Lipinski definition) is 1. The second kappa shape index (κ2) is 7.21. The van der Waals surface area contributed by atoms with Crippen LogP contribution >= 0.6 is 0 Å². The Bertz CT molecular complexity index is 861. The maximum atomic E-state index is 12.9. The molecule has 1 aliphatic heterocycles. The first-order valence-corrected chi connectivity index (χ1v) is 9.81. The Balaban J connectivity index is 1.37. The minimum atomic E-state index is 0.0102. The minimum Gasteiger partial charge on any atom is -0.335 e. The zero-order valence-corrected chi connectivity index (χ0v) is 16.1. The van der Waals surface area contributed by atoms with Crippen LogP contribution in [-0.4, -0.2) is 63.5 Å². The summed E-state index contributed by atoms with van der Waals surface area (Å²) in [5.41, 5.74) is 2.53. The van der Waals surface area contributed by atoms with Crippen LogP contribution in [0.15, 0.2) is 18.2 Å². The highest BCUT2D eigenvalue weighted by molar-refractivity contribution is 5.97. The number of imidazole rings is 1. The van der Waals surface area contributed by atoms with Gasteiger partial charge in [-0.3, -0.25) is 4.79 Å². The Hall–Kier alpha value is -2.57. The van der Waals surface area contributed by atoms with Gasteiger partial charge in [-0.15, -0.1) is 0 Å². The van der Waals surface area contributed by atoms with E-state index in [-0.39, 0.29) is 11.9 Å². The minimum absolute atomic E-state index is 0.0102. The largest absolute Gasteiger partial charge is 0.335 e. The lowest BCUT2D eigenvalue weighted by molar-refractivity contribution is 0.0663. The molecule has 0 atom stereocenters. The van der Waals surface area contributed by atoms with E-state index in [1.54, 1.807) is 0 Å². The highest BCUT2D eigenvalue weighted by Gasteiger charge is 2.27. The molecule has 0 spiro atoms. The summed E-state index contributed by atoms with van der Waals surface area (Å²) in [5, 5.41) is 3.12. The molecule has 7 nitrogen and oxygen atoms in total. The number of nitrogens with one attached hydrogen (secondary N) is 1. The predicted molar refractivity (Wildman–Crippen MR) is 104 cm³/mol. The molecule has 2 fully saturated rings. The Morgan fingerprint density at radius 1 is 1.07 bits per heavy atom. The fourth-order valence-corrected chi connectivity index (χ4v) is 4.08. The van der Waals surface area contributed by atoms with Crippen molar-refractivity contribution >= 4 is 23.0 Å². The number of rotatable bonds is 2. The third-order valence-electron chi connectivity index (χ3n) is 5.89. The number of carbonyl (C=O) groups excluding carboxylic acids is 2. The molecule has 1 saturated carbocycles. The quantitative estimate of drug-likeness (QED) is 0.883. The fraction of sp³-hybridized carbons (Fsp3) is 0.550. The van der Waals surface area contributed by atoms with E-state index in [0.29, 0.717) is 37.8 Å². The predicted octanol–water partition coefficient (Wildman–Crippen LogP) is 2.29. The number of benzene rings is 1. The van der Waals surface area contributed by atoms with Crippen LogP contribution in [0.4, 0.5) is 4.79 Å². The van der Waals surface area contributed by atoms with Crippen molar-refractivity contribution in [2.75, 3.05) is 26.2 Å². The van der Waals surface area contributed by atoms with Gasteiger partial charge in [0.05, 0.1) is 11.0 Å². The summed E-state index contributed by atoms with van der Waals surface area (Å²) in [4.78, 5) is 33.4. The summed E-state index contributed by atoms with van der Waals surface area (Å²) in [5.74, 6) is 0.938. The second-order valence-electron chi connectivity index (χ2n) is 7.63. The first kappa shape index (κ1) is 17.8. The van der Waals surface area contributed by atoms with Gasteiger partial charge >= 0.3 is 6.03 Å². The highest BCUT2D eigenvalue weighted by atomic mass is 16.2. The summed E-state index contributed by atoms with van der Waals surface area (Å²) in [6.45, 7) is 4.24. The molecule has 0 radical (unpaired) electrons. The summed E-state index contributed by atoms with van der Waals surface area (Å²) in [6, 6.07) is 6.02. The van der Waals surface area contributed by atoms with Crippen molar-refractivity contribution in [2.24, 2.45) is 7.05 Å². The van der Waals surface area contributed by atoms with Crippen LogP contribution in [0.25, 0.3) is 11.0 Å². The summed E-state index contributed by atoms with van der Waals surface area (Å²) in [6.07, 6.45) is 4.57. The van der Waals surface area contributed by atoms with Gasteiger partial charge in [-0.1, -0.05) is 12.8 Å². The van der Waals surface area contributed by atoms with Gasteiger partial charge in [-0.05, 0) is 38.0 Å². The summed E-state index contributed by atoms with van der Waals surface area (Å²) < 4.78 is 2.02.